The molecule has 0 radical (unpaired) electrons. The maximum atomic E-state index is 11.0. The number of ether oxygens (including phenoxy) is 1. The first-order valence-corrected chi connectivity index (χ1v) is 5.53. The molecule has 72 valence electrons. The van der Waals surface area contributed by atoms with Crippen molar-refractivity contribution in [3.05, 3.63) is 0 Å². The van der Waals surface area contributed by atoms with Gasteiger partial charge in [0.2, 0.25) is 0 Å². The van der Waals surface area contributed by atoms with Gasteiger partial charge in [-0.2, -0.15) is 11.8 Å². The number of carbonyl (C=O) groups is 1. The first kappa shape index (κ1) is 11.8. The Hall–Kier alpha value is -0.220. The second-order valence-corrected chi connectivity index (χ2v) is 3.48. The first-order chi connectivity index (χ1) is 5.72. The normalized spacial score (nSPS) is 12.6. The SMILES string of the molecule is CCOC(=O)C(N)CCCSC. The Morgan fingerprint density at radius 3 is 2.83 bits per heavy atom. The molecule has 0 aromatic heterocycles. The van der Waals surface area contributed by atoms with Gasteiger partial charge in [0.25, 0.3) is 0 Å². The summed E-state index contributed by atoms with van der Waals surface area (Å²) >= 11 is 1.76. The van der Waals surface area contributed by atoms with Gasteiger partial charge in [-0.3, -0.25) is 4.79 Å². The Balaban J connectivity index is 3.42. The first-order valence-electron chi connectivity index (χ1n) is 4.13. The summed E-state index contributed by atoms with van der Waals surface area (Å²) in [5, 5.41) is 0. The molecule has 0 fully saturated rings. The average Bonchev–Trinajstić information content (AvgIpc) is 2.05. The summed E-state index contributed by atoms with van der Waals surface area (Å²) in [4.78, 5) is 11.0. The van der Waals surface area contributed by atoms with Crippen LogP contribution in [-0.2, 0) is 9.53 Å². The molecule has 0 rings (SSSR count). The monoisotopic (exact) mass is 191 g/mol. The van der Waals surface area contributed by atoms with E-state index in [0.29, 0.717) is 6.61 Å². The molecule has 12 heavy (non-hydrogen) atoms. The van der Waals surface area contributed by atoms with Crippen LogP contribution in [0.2, 0.25) is 0 Å². The van der Waals surface area contributed by atoms with E-state index >= 15 is 0 Å². The molecule has 1 unspecified atom stereocenters. The quantitative estimate of drug-likeness (QED) is 0.503. The third kappa shape index (κ3) is 5.43. The third-order valence-corrected chi connectivity index (χ3v) is 2.15. The molecule has 0 spiro atoms. The number of carbonyl (C=O) groups excluding carboxylic acids is 1. The van der Waals surface area contributed by atoms with E-state index in [4.69, 9.17) is 10.5 Å². The summed E-state index contributed by atoms with van der Waals surface area (Å²) in [7, 11) is 0. The second-order valence-electron chi connectivity index (χ2n) is 2.49. The van der Waals surface area contributed by atoms with Crippen molar-refractivity contribution in [3.63, 3.8) is 0 Å². The highest BCUT2D eigenvalue weighted by molar-refractivity contribution is 7.98. The Kier molecular flexibility index (Phi) is 7.29. The van der Waals surface area contributed by atoms with Crippen molar-refractivity contribution in [2.45, 2.75) is 25.8 Å². The molecule has 0 aromatic carbocycles. The Bertz CT molecular complexity index is 130. The maximum Gasteiger partial charge on any atom is 0.322 e. The number of thioether (sulfide) groups is 1. The van der Waals surface area contributed by atoms with Crippen molar-refractivity contribution in [1.29, 1.82) is 0 Å². The largest absolute Gasteiger partial charge is 0.465 e. The molecule has 4 heteroatoms. The number of nitrogens with two attached hydrogens (primary N) is 1. The maximum absolute atomic E-state index is 11.0. The zero-order valence-corrected chi connectivity index (χ0v) is 8.52. The zero-order chi connectivity index (χ0) is 9.40. The minimum Gasteiger partial charge on any atom is -0.465 e. The summed E-state index contributed by atoms with van der Waals surface area (Å²) in [6.07, 6.45) is 3.73. The molecule has 0 bridgehead atoms. The molecule has 0 saturated carbocycles. The van der Waals surface area contributed by atoms with Gasteiger partial charge in [0.1, 0.15) is 6.04 Å². The summed E-state index contributed by atoms with van der Waals surface area (Å²) in [6, 6.07) is -0.433. The van der Waals surface area contributed by atoms with E-state index in [1.807, 2.05) is 6.26 Å². The van der Waals surface area contributed by atoms with Gasteiger partial charge in [-0.15, -0.1) is 0 Å². The van der Waals surface area contributed by atoms with Crippen LogP contribution < -0.4 is 5.73 Å². The van der Waals surface area contributed by atoms with Crippen LogP contribution >= 0.6 is 11.8 Å². The summed E-state index contributed by atoms with van der Waals surface area (Å²) < 4.78 is 4.76. The van der Waals surface area contributed by atoms with Gasteiger partial charge in [-0.25, -0.2) is 0 Å². The lowest BCUT2D eigenvalue weighted by Gasteiger charge is -2.09. The van der Waals surface area contributed by atoms with Crippen molar-refractivity contribution >= 4 is 17.7 Å². The van der Waals surface area contributed by atoms with Crippen LogP contribution in [0.25, 0.3) is 0 Å². The van der Waals surface area contributed by atoms with Gasteiger partial charge in [0, 0.05) is 0 Å². The van der Waals surface area contributed by atoms with Crippen LogP contribution in [0.5, 0.6) is 0 Å². The van der Waals surface area contributed by atoms with Crippen LogP contribution in [0.15, 0.2) is 0 Å². The van der Waals surface area contributed by atoms with Gasteiger partial charge >= 0.3 is 5.97 Å². The van der Waals surface area contributed by atoms with Crippen molar-refractivity contribution < 1.29 is 9.53 Å². The molecule has 0 heterocycles. The molecule has 0 aliphatic carbocycles. The van der Waals surface area contributed by atoms with Gasteiger partial charge in [0.05, 0.1) is 6.61 Å². The van der Waals surface area contributed by atoms with Gasteiger partial charge in [-0.1, -0.05) is 0 Å². The minimum absolute atomic E-state index is 0.279. The second kappa shape index (κ2) is 7.43. The van der Waals surface area contributed by atoms with Crippen LogP contribution in [-0.4, -0.2) is 30.6 Å². The molecule has 3 nitrogen and oxygen atoms in total. The molecule has 0 saturated heterocycles. The lowest BCUT2D eigenvalue weighted by Crippen LogP contribution is -2.32. The molecular formula is C8H17NO2S. The Labute approximate surface area is 78.0 Å². The highest BCUT2D eigenvalue weighted by atomic mass is 32.2. The van der Waals surface area contributed by atoms with E-state index < -0.39 is 6.04 Å². The number of hydrogen-bond donors (Lipinski definition) is 1. The van der Waals surface area contributed by atoms with E-state index in [0.717, 1.165) is 18.6 Å². The molecule has 1 atom stereocenters. The smallest absolute Gasteiger partial charge is 0.322 e. The molecular weight excluding hydrogens is 174 g/mol. The standard InChI is InChI=1S/C8H17NO2S/c1-3-11-8(10)7(9)5-4-6-12-2/h7H,3-6,9H2,1-2H3. The van der Waals surface area contributed by atoms with Gasteiger partial charge in [-0.05, 0) is 31.8 Å². The molecule has 0 aromatic rings. The zero-order valence-electron chi connectivity index (χ0n) is 7.71. The summed E-state index contributed by atoms with van der Waals surface area (Å²) in [5.41, 5.74) is 5.56. The molecule has 0 amide bonds. The fourth-order valence-electron chi connectivity index (χ4n) is 0.815. The molecule has 0 aliphatic rings. The van der Waals surface area contributed by atoms with Crippen molar-refractivity contribution in [2.24, 2.45) is 5.73 Å². The van der Waals surface area contributed by atoms with Crippen molar-refractivity contribution in [3.8, 4) is 0 Å². The molecule has 2 N–H and O–H groups in total. The number of rotatable bonds is 6. The fraction of sp³-hybridized carbons (Fsp3) is 0.875. The highest BCUT2D eigenvalue weighted by Crippen LogP contribution is 2.02. The predicted octanol–water partition coefficient (Wildman–Crippen LogP) is 1.02. The van der Waals surface area contributed by atoms with Crippen LogP contribution in [0.4, 0.5) is 0 Å². The van der Waals surface area contributed by atoms with E-state index in [1.54, 1.807) is 18.7 Å². The number of esters is 1. The lowest BCUT2D eigenvalue weighted by molar-refractivity contribution is -0.144. The highest BCUT2D eigenvalue weighted by Gasteiger charge is 2.12. The topological polar surface area (TPSA) is 52.3 Å². The number of hydrogen-bond acceptors (Lipinski definition) is 4. The van der Waals surface area contributed by atoms with E-state index in [2.05, 4.69) is 0 Å². The van der Waals surface area contributed by atoms with E-state index in [-0.39, 0.29) is 5.97 Å². The van der Waals surface area contributed by atoms with Gasteiger partial charge in [0.15, 0.2) is 0 Å². The molecule has 0 aliphatic heterocycles. The van der Waals surface area contributed by atoms with Crippen LogP contribution in [0, 0.1) is 0 Å². The summed E-state index contributed by atoms with van der Waals surface area (Å²) in [5.74, 6) is 0.770. The minimum atomic E-state index is -0.433. The summed E-state index contributed by atoms with van der Waals surface area (Å²) in [6.45, 7) is 2.20. The third-order valence-electron chi connectivity index (χ3n) is 1.45. The Morgan fingerprint density at radius 2 is 2.33 bits per heavy atom. The van der Waals surface area contributed by atoms with Crippen molar-refractivity contribution in [2.75, 3.05) is 18.6 Å². The van der Waals surface area contributed by atoms with E-state index in [9.17, 15) is 4.79 Å². The van der Waals surface area contributed by atoms with Crippen molar-refractivity contribution in [1.82, 2.24) is 0 Å². The lowest BCUT2D eigenvalue weighted by atomic mass is 10.2. The van der Waals surface area contributed by atoms with Crippen LogP contribution in [0.1, 0.15) is 19.8 Å². The fourth-order valence-corrected chi connectivity index (χ4v) is 1.27. The Morgan fingerprint density at radius 1 is 1.67 bits per heavy atom. The van der Waals surface area contributed by atoms with Gasteiger partial charge < -0.3 is 10.5 Å². The predicted molar refractivity (Wildman–Crippen MR) is 52.2 cm³/mol. The van der Waals surface area contributed by atoms with E-state index in [1.165, 1.54) is 0 Å². The van der Waals surface area contributed by atoms with Crippen LogP contribution in [0.3, 0.4) is 0 Å². The average molecular weight is 191 g/mol.